The number of benzene rings is 1. The summed E-state index contributed by atoms with van der Waals surface area (Å²) in [6, 6.07) is 5.57. The van der Waals surface area contributed by atoms with Crippen LogP contribution in [0.15, 0.2) is 18.2 Å². The minimum Gasteiger partial charge on any atom is -0.496 e. The lowest BCUT2D eigenvalue weighted by Gasteiger charge is -2.17. The summed E-state index contributed by atoms with van der Waals surface area (Å²) in [6.07, 6.45) is 0.723. The molecule has 5 nitrogen and oxygen atoms in total. The fourth-order valence-electron chi connectivity index (χ4n) is 2.05. The third-order valence-electron chi connectivity index (χ3n) is 3.00. The number of methoxy groups -OCH3 is 2. The van der Waals surface area contributed by atoms with Gasteiger partial charge in [0.05, 0.1) is 26.2 Å². The number of hydrogen-bond acceptors (Lipinski definition) is 4. The van der Waals surface area contributed by atoms with Gasteiger partial charge in [0.15, 0.2) is 0 Å². The van der Waals surface area contributed by atoms with Crippen molar-refractivity contribution in [3.63, 3.8) is 0 Å². The number of aryl methyl sites for hydroxylation is 1. The van der Waals surface area contributed by atoms with E-state index >= 15 is 0 Å². The van der Waals surface area contributed by atoms with Crippen molar-refractivity contribution in [3.05, 3.63) is 29.3 Å². The highest BCUT2D eigenvalue weighted by molar-refractivity contribution is 5.79. The number of carbonyl (C=O) groups excluding carboxylic acids is 1. The first kappa shape index (κ1) is 16.5. The Kier molecular flexibility index (Phi) is 7.04. The van der Waals surface area contributed by atoms with Gasteiger partial charge in [-0.2, -0.15) is 0 Å². The van der Waals surface area contributed by atoms with Crippen molar-refractivity contribution < 1.29 is 19.4 Å². The maximum atomic E-state index is 12.0. The zero-order valence-electron chi connectivity index (χ0n) is 12.3. The monoisotopic (exact) mass is 281 g/mol. The van der Waals surface area contributed by atoms with Crippen molar-refractivity contribution in [3.8, 4) is 5.75 Å². The molecule has 0 saturated carbocycles. The van der Waals surface area contributed by atoms with Gasteiger partial charge in [0.2, 0.25) is 5.91 Å². The van der Waals surface area contributed by atoms with Gasteiger partial charge >= 0.3 is 0 Å². The molecule has 1 atom stereocenters. The Labute approximate surface area is 119 Å². The molecule has 1 unspecified atom stereocenters. The lowest BCUT2D eigenvalue weighted by molar-refractivity contribution is -0.121. The summed E-state index contributed by atoms with van der Waals surface area (Å²) in [5.41, 5.74) is 1.93. The van der Waals surface area contributed by atoms with Crippen LogP contribution >= 0.6 is 0 Å². The van der Waals surface area contributed by atoms with Crippen molar-refractivity contribution in [1.82, 2.24) is 5.32 Å². The van der Waals surface area contributed by atoms with Crippen LogP contribution in [0.25, 0.3) is 0 Å². The van der Waals surface area contributed by atoms with E-state index in [1.54, 1.807) is 14.2 Å². The lowest BCUT2D eigenvalue weighted by Crippen LogP contribution is -2.39. The number of amides is 1. The second-order valence-electron chi connectivity index (χ2n) is 4.72. The Morgan fingerprint density at radius 3 is 2.75 bits per heavy atom. The first-order valence-electron chi connectivity index (χ1n) is 6.63. The van der Waals surface area contributed by atoms with Crippen molar-refractivity contribution in [2.75, 3.05) is 27.4 Å². The SMILES string of the molecule is COCC(CCO)NC(=O)Cc1cc(C)ccc1OC. The molecule has 0 fully saturated rings. The van der Waals surface area contributed by atoms with E-state index in [4.69, 9.17) is 14.6 Å². The van der Waals surface area contributed by atoms with Gasteiger partial charge in [-0.25, -0.2) is 0 Å². The van der Waals surface area contributed by atoms with Crippen LogP contribution in [0.4, 0.5) is 0 Å². The van der Waals surface area contributed by atoms with E-state index in [1.165, 1.54) is 0 Å². The molecule has 0 aromatic heterocycles. The molecule has 0 aliphatic carbocycles. The molecule has 1 amide bonds. The third-order valence-corrected chi connectivity index (χ3v) is 3.00. The summed E-state index contributed by atoms with van der Waals surface area (Å²) in [4.78, 5) is 12.0. The molecule has 1 rings (SSSR count). The van der Waals surface area contributed by atoms with E-state index in [9.17, 15) is 4.79 Å². The topological polar surface area (TPSA) is 67.8 Å². The van der Waals surface area contributed by atoms with Crippen LogP contribution in [0.3, 0.4) is 0 Å². The molecule has 0 bridgehead atoms. The van der Waals surface area contributed by atoms with Crippen LogP contribution in [0, 0.1) is 6.92 Å². The molecule has 1 aromatic rings. The third kappa shape index (κ3) is 5.19. The molecule has 0 spiro atoms. The molecule has 0 aliphatic heterocycles. The van der Waals surface area contributed by atoms with E-state index in [2.05, 4.69) is 5.32 Å². The number of aliphatic hydroxyl groups excluding tert-OH is 1. The molecule has 0 radical (unpaired) electrons. The van der Waals surface area contributed by atoms with Crippen LogP contribution in [-0.4, -0.2) is 44.5 Å². The number of ether oxygens (including phenoxy) is 2. The van der Waals surface area contributed by atoms with Crippen molar-refractivity contribution in [2.45, 2.75) is 25.8 Å². The highest BCUT2D eigenvalue weighted by atomic mass is 16.5. The summed E-state index contributed by atoms with van der Waals surface area (Å²) in [5, 5.41) is 11.8. The molecule has 0 heterocycles. The fourth-order valence-corrected chi connectivity index (χ4v) is 2.05. The van der Waals surface area contributed by atoms with E-state index < -0.39 is 0 Å². The van der Waals surface area contributed by atoms with Crippen molar-refractivity contribution in [2.24, 2.45) is 0 Å². The zero-order valence-corrected chi connectivity index (χ0v) is 12.3. The molecule has 20 heavy (non-hydrogen) atoms. The molecule has 5 heteroatoms. The maximum Gasteiger partial charge on any atom is 0.224 e. The molecule has 2 N–H and O–H groups in total. The van der Waals surface area contributed by atoms with Gasteiger partial charge in [0.25, 0.3) is 0 Å². The molecule has 112 valence electrons. The smallest absolute Gasteiger partial charge is 0.224 e. The molecular weight excluding hydrogens is 258 g/mol. The summed E-state index contributed by atoms with van der Waals surface area (Å²) < 4.78 is 10.3. The highest BCUT2D eigenvalue weighted by Gasteiger charge is 2.14. The lowest BCUT2D eigenvalue weighted by atomic mass is 10.1. The number of carbonyl (C=O) groups is 1. The van der Waals surface area contributed by atoms with Crippen LogP contribution in [-0.2, 0) is 16.0 Å². The van der Waals surface area contributed by atoms with Gasteiger partial charge < -0.3 is 19.9 Å². The number of hydrogen-bond donors (Lipinski definition) is 2. The molecule has 0 aliphatic rings. The predicted molar refractivity (Wildman–Crippen MR) is 76.9 cm³/mol. The van der Waals surface area contributed by atoms with E-state index in [0.29, 0.717) is 18.8 Å². The first-order valence-corrected chi connectivity index (χ1v) is 6.63. The van der Waals surface area contributed by atoms with Gasteiger partial charge in [-0.1, -0.05) is 17.7 Å². The Morgan fingerprint density at radius 2 is 2.15 bits per heavy atom. The Hall–Kier alpha value is -1.59. The van der Waals surface area contributed by atoms with E-state index in [1.807, 2.05) is 25.1 Å². The standard InChI is InChI=1S/C15H23NO4/c1-11-4-5-14(20-3)12(8-11)9-15(18)16-13(6-7-17)10-19-2/h4-5,8,13,17H,6-7,9-10H2,1-3H3,(H,16,18). The predicted octanol–water partition coefficient (Wildman–Crippen LogP) is 1.06. The molecule has 0 saturated heterocycles. The quantitative estimate of drug-likeness (QED) is 0.747. The average Bonchev–Trinajstić information content (AvgIpc) is 2.39. The maximum absolute atomic E-state index is 12.0. The Bertz CT molecular complexity index is 428. The second kappa shape index (κ2) is 8.55. The average molecular weight is 281 g/mol. The minimum absolute atomic E-state index is 0.0159. The van der Waals surface area contributed by atoms with Crippen LogP contribution in [0.1, 0.15) is 17.5 Å². The van der Waals surface area contributed by atoms with Crippen molar-refractivity contribution in [1.29, 1.82) is 0 Å². The van der Waals surface area contributed by atoms with Gasteiger partial charge in [-0.15, -0.1) is 0 Å². The van der Waals surface area contributed by atoms with E-state index in [0.717, 1.165) is 11.1 Å². The molecule has 1 aromatic carbocycles. The summed E-state index contributed by atoms with van der Waals surface area (Å²) in [7, 11) is 3.16. The van der Waals surface area contributed by atoms with Crippen LogP contribution in [0.5, 0.6) is 5.75 Å². The molecular formula is C15H23NO4. The Morgan fingerprint density at radius 1 is 1.40 bits per heavy atom. The summed E-state index contributed by atoms with van der Waals surface area (Å²) >= 11 is 0. The van der Waals surface area contributed by atoms with Gasteiger partial charge in [-0.05, 0) is 19.4 Å². The highest BCUT2D eigenvalue weighted by Crippen LogP contribution is 2.20. The summed E-state index contributed by atoms with van der Waals surface area (Å²) in [5.74, 6) is 0.598. The van der Waals surface area contributed by atoms with Crippen LogP contribution < -0.4 is 10.1 Å². The van der Waals surface area contributed by atoms with Gasteiger partial charge in [0, 0.05) is 19.3 Å². The normalized spacial score (nSPS) is 12.0. The number of nitrogens with one attached hydrogen (secondary N) is 1. The largest absolute Gasteiger partial charge is 0.496 e. The van der Waals surface area contributed by atoms with Crippen molar-refractivity contribution >= 4 is 5.91 Å². The van der Waals surface area contributed by atoms with Crippen LogP contribution in [0.2, 0.25) is 0 Å². The fraction of sp³-hybridized carbons (Fsp3) is 0.533. The number of aliphatic hydroxyl groups is 1. The minimum atomic E-state index is -0.173. The van der Waals surface area contributed by atoms with Gasteiger partial charge in [-0.3, -0.25) is 4.79 Å². The summed E-state index contributed by atoms with van der Waals surface area (Å²) in [6.45, 7) is 2.37. The Balaban J connectivity index is 2.67. The first-order chi connectivity index (χ1) is 9.60. The number of rotatable bonds is 8. The van der Waals surface area contributed by atoms with E-state index in [-0.39, 0.29) is 25.0 Å². The second-order valence-corrected chi connectivity index (χ2v) is 4.72. The zero-order chi connectivity index (χ0) is 15.0. The van der Waals surface area contributed by atoms with Gasteiger partial charge in [0.1, 0.15) is 5.75 Å².